The lowest BCUT2D eigenvalue weighted by Gasteiger charge is -2.33. The number of nitrogens with zero attached hydrogens (tertiary/aromatic N) is 3. The highest BCUT2D eigenvalue weighted by Crippen LogP contribution is 2.26. The van der Waals surface area contributed by atoms with E-state index in [1.165, 1.54) is 18.4 Å². The van der Waals surface area contributed by atoms with Gasteiger partial charge in [0.2, 0.25) is 0 Å². The van der Waals surface area contributed by atoms with Gasteiger partial charge in [-0.05, 0) is 43.8 Å². The number of esters is 1. The highest BCUT2D eigenvalue weighted by Gasteiger charge is 2.27. The Morgan fingerprint density at radius 3 is 2.67 bits per heavy atom. The van der Waals surface area contributed by atoms with Crippen molar-refractivity contribution >= 4 is 27.7 Å². The highest BCUT2D eigenvalue weighted by atomic mass is 32.2. The number of sulfonamides is 1. The molecule has 1 fully saturated rings. The van der Waals surface area contributed by atoms with E-state index >= 15 is 0 Å². The molecule has 0 aromatic heterocycles. The van der Waals surface area contributed by atoms with Gasteiger partial charge in [0.15, 0.2) is 6.61 Å². The van der Waals surface area contributed by atoms with Crippen molar-refractivity contribution < 1.29 is 22.7 Å². The van der Waals surface area contributed by atoms with Gasteiger partial charge in [-0.2, -0.15) is 0 Å². The molecule has 3 aliphatic rings. The maximum Gasteiger partial charge on any atom is 0.340 e. The third kappa shape index (κ3) is 4.77. The third-order valence-corrected chi connectivity index (χ3v) is 6.48. The van der Waals surface area contributed by atoms with Gasteiger partial charge in [-0.3, -0.25) is 4.79 Å². The van der Waals surface area contributed by atoms with Crippen LogP contribution >= 0.6 is 0 Å². The summed E-state index contributed by atoms with van der Waals surface area (Å²) in [4.78, 5) is 27.9. The minimum Gasteiger partial charge on any atom is -0.452 e. The molecule has 0 saturated heterocycles. The van der Waals surface area contributed by atoms with Crippen molar-refractivity contribution in [2.24, 2.45) is 10.3 Å². The lowest BCUT2D eigenvalue weighted by atomic mass is 9.87. The van der Waals surface area contributed by atoms with Gasteiger partial charge in [0.1, 0.15) is 5.84 Å². The number of carbonyl (C=O) groups excluding carboxylic acids is 2. The van der Waals surface area contributed by atoms with Gasteiger partial charge in [0.25, 0.3) is 15.9 Å². The van der Waals surface area contributed by atoms with Crippen LogP contribution in [0.15, 0.2) is 28.3 Å². The van der Waals surface area contributed by atoms with E-state index in [4.69, 9.17) is 4.74 Å². The Labute approximate surface area is 159 Å². The summed E-state index contributed by atoms with van der Waals surface area (Å²) in [6.45, 7) is 2.14. The summed E-state index contributed by atoms with van der Waals surface area (Å²) in [5.74, 6) is 0.0465. The van der Waals surface area contributed by atoms with Crippen LogP contribution in [0.5, 0.6) is 0 Å². The van der Waals surface area contributed by atoms with Gasteiger partial charge < -0.3 is 14.5 Å². The maximum atomic E-state index is 12.3. The molecule has 0 atom stereocenters. The second-order valence-corrected chi connectivity index (χ2v) is 9.10. The summed E-state index contributed by atoms with van der Waals surface area (Å²) >= 11 is 0. The summed E-state index contributed by atoms with van der Waals surface area (Å²) in [5.41, 5.74) is 0.259. The molecule has 0 aromatic carbocycles. The fraction of sp³-hybridized carbons (Fsp3) is 0.611. The monoisotopic (exact) mass is 395 g/mol. The molecule has 1 aliphatic carbocycles. The number of likely N-dealkylation sites (N-methyl/N-ethyl adjacent to an activating group) is 1. The van der Waals surface area contributed by atoms with Crippen molar-refractivity contribution in [2.45, 2.75) is 38.6 Å². The molecule has 0 radical (unpaired) electrons. The summed E-state index contributed by atoms with van der Waals surface area (Å²) in [6, 6.07) is 0.204. The molecular weight excluding hydrogens is 370 g/mol. The molecule has 0 bridgehead atoms. The van der Waals surface area contributed by atoms with E-state index in [1.54, 1.807) is 16.8 Å². The number of hydrogen-bond acceptors (Lipinski definition) is 6. The minimum atomic E-state index is -3.44. The molecule has 148 valence electrons. The van der Waals surface area contributed by atoms with Crippen LogP contribution in [0.1, 0.15) is 32.6 Å². The van der Waals surface area contributed by atoms with E-state index in [1.807, 2.05) is 0 Å². The Morgan fingerprint density at radius 1 is 1.26 bits per heavy atom. The summed E-state index contributed by atoms with van der Waals surface area (Å²) in [7, 11) is -1.68. The quantitative estimate of drug-likeness (QED) is 0.661. The van der Waals surface area contributed by atoms with Crippen molar-refractivity contribution in [3.05, 3.63) is 23.9 Å². The first-order valence-electron chi connectivity index (χ1n) is 9.17. The van der Waals surface area contributed by atoms with Crippen molar-refractivity contribution in [1.29, 1.82) is 0 Å². The number of amides is 1. The van der Waals surface area contributed by atoms with Crippen molar-refractivity contribution in [3.8, 4) is 0 Å². The van der Waals surface area contributed by atoms with Crippen LogP contribution in [0.3, 0.4) is 0 Å². The van der Waals surface area contributed by atoms with E-state index < -0.39 is 16.0 Å². The zero-order valence-corrected chi connectivity index (χ0v) is 16.4. The Bertz CT molecular complexity index is 807. The van der Waals surface area contributed by atoms with Gasteiger partial charge in [-0.1, -0.05) is 6.92 Å². The SMILES string of the molecule is CC1CCC(N(C)C(=O)COC(=O)C2=CN3CCS(=O)(=O)N=C3C=C2)CC1. The first-order chi connectivity index (χ1) is 12.7. The summed E-state index contributed by atoms with van der Waals surface area (Å²) in [5, 5.41) is 0. The van der Waals surface area contributed by atoms with Gasteiger partial charge in [-0.15, -0.1) is 4.40 Å². The molecule has 1 amide bonds. The van der Waals surface area contributed by atoms with Crippen LogP contribution in [-0.2, 0) is 24.3 Å². The van der Waals surface area contributed by atoms with Crippen molar-refractivity contribution in [2.75, 3.05) is 26.0 Å². The molecule has 0 N–H and O–H groups in total. The first-order valence-corrected chi connectivity index (χ1v) is 10.8. The van der Waals surface area contributed by atoms with Gasteiger partial charge in [0, 0.05) is 25.8 Å². The fourth-order valence-corrected chi connectivity index (χ4v) is 4.44. The van der Waals surface area contributed by atoms with E-state index in [0.29, 0.717) is 5.92 Å². The molecule has 3 rings (SSSR count). The lowest BCUT2D eigenvalue weighted by molar-refractivity contribution is -0.149. The molecule has 27 heavy (non-hydrogen) atoms. The molecule has 1 saturated carbocycles. The molecule has 0 unspecified atom stereocenters. The Kier molecular flexibility index (Phi) is 5.69. The zero-order valence-electron chi connectivity index (χ0n) is 15.6. The average molecular weight is 395 g/mol. The lowest BCUT2D eigenvalue weighted by Crippen LogP contribution is -2.41. The van der Waals surface area contributed by atoms with Crippen LogP contribution in [-0.4, -0.2) is 67.9 Å². The number of amidine groups is 1. The average Bonchev–Trinajstić information content (AvgIpc) is 2.64. The smallest absolute Gasteiger partial charge is 0.340 e. The fourth-order valence-electron chi connectivity index (χ4n) is 3.47. The topological polar surface area (TPSA) is 96.4 Å². The number of hydrogen-bond donors (Lipinski definition) is 0. The van der Waals surface area contributed by atoms with Crippen LogP contribution in [0, 0.1) is 5.92 Å². The molecule has 2 heterocycles. The number of rotatable bonds is 4. The molecular formula is C18H25N3O5S. The van der Waals surface area contributed by atoms with E-state index in [2.05, 4.69) is 11.3 Å². The van der Waals surface area contributed by atoms with Crippen LogP contribution in [0.2, 0.25) is 0 Å². The van der Waals surface area contributed by atoms with Crippen molar-refractivity contribution in [1.82, 2.24) is 9.80 Å². The molecule has 9 heteroatoms. The number of fused-ring (bicyclic) bond motifs is 1. The van der Waals surface area contributed by atoms with Gasteiger partial charge >= 0.3 is 5.97 Å². The third-order valence-electron chi connectivity index (χ3n) is 5.31. The van der Waals surface area contributed by atoms with Gasteiger partial charge in [0.05, 0.1) is 11.3 Å². The Balaban J connectivity index is 1.53. The molecule has 2 aliphatic heterocycles. The number of ether oxygens (including phenoxy) is 1. The predicted octanol–water partition coefficient (Wildman–Crippen LogP) is 1.06. The maximum absolute atomic E-state index is 12.3. The van der Waals surface area contributed by atoms with Crippen LogP contribution in [0.25, 0.3) is 0 Å². The van der Waals surface area contributed by atoms with Crippen LogP contribution < -0.4 is 0 Å². The number of carbonyl (C=O) groups is 2. The standard InChI is InChI=1S/C18H25N3O5S/c1-13-3-6-15(7-4-13)20(2)17(22)12-26-18(23)14-5-8-16-19-27(24,25)10-9-21(16)11-14/h5,8,11,13,15H,3-4,6-7,9-10,12H2,1-2H3. The summed E-state index contributed by atoms with van der Waals surface area (Å²) in [6.07, 6.45) is 8.59. The van der Waals surface area contributed by atoms with Crippen molar-refractivity contribution in [3.63, 3.8) is 0 Å². The minimum absolute atomic E-state index is 0.105. The Hall–Kier alpha value is -2.16. The van der Waals surface area contributed by atoms with Crippen LogP contribution in [0.4, 0.5) is 0 Å². The first kappa shape index (κ1) is 19.6. The van der Waals surface area contributed by atoms with E-state index in [9.17, 15) is 18.0 Å². The summed E-state index contributed by atoms with van der Waals surface area (Å²) < 4.78 is 31.8. The molecule has 8 nitrogen and oxygen atoms in total. The van der Waals surface area contributed by atoms with Gasteiger partial charge in [-0.25, -0.2) is 13.2 Å². The normalized spacial score (nSPS) is 26.5. The predicted molar refractivity (Wildman–Crippen MR) is 100 cm³/mol. The highest BCUT2D eigenvalue weighted by molar-refractivity contribution is 7.90. The largest absolute Gasteiger partial charge is 0.452 e. The second-order valence-electron chi connectivity index (χ2n) is 7.34. The molecule has 0 spiro atoms. The van der Waals surface area contributed by atoms with E-state index in [-0.39, 0.29) is 42.3 Å². The Morgan fingerprint density at radius 2 is 1.96 bits per heavy atom. The van der Waals surface area contributed by atoms with E-state index in [0.717, 1.165) is 25.7 Å². The zero-order chi connectivity index (χ0) is 19.6. The molecule has 0 aromatic rings. The second kappa shape index (κ2) is 7.84.